The standard InChI is InChI=1S/C15H21N5O/c1-19(8-6-14-17-7-9-20(14)2)11-12-4-3-5-13(10-12)15(16)18-21/h3-5,7,9-10,21H,6,8,11H2,1-2H3,(H2,16,18). The summed E-state index contributed by atoms with van der Waals surface area (Å²) in [5, 5.41) is 11.7. The first kappa shape index (κ1) is 15.1. The Hall–Kier alpha value is -2.34. The van der Waals surface area contributed by atoms with Crippen molar-refractivity contribution < 1.29 is 5.21 Å². The quantitative estimate of drug-likeness (QED) is 0.362. The minimum Gasteiger partial charge on any atom is -0.409 e. The number of benzene rings is 1. The second-order valence-electron chi connectivity index (χ2n) is 5.13. The van der Waals surface area contributed by atoms with Gasteiger partial charge in [0.1, 0.15) is 5.82 Å². The molecule has 0 amide bonds. The van der Waals surface area contributed by atoms with Crippen LogP contribution >= 0.6 is 0 Å². The highest BCUT2D eigenvalue weighted by Crippen LogP contribution is 2.08. The fourth-order valence-corrected chi connectivity index (χ4v) is 2.21. The lowest BCUT2D eigenvalue weighted by molar-refractivity contribution is 0.318. The van der Waals surface area contributed by atoms with Gasteiger partial charge in [-0.15, -0.1) is 0 Å². The Labute approximate surface area is 124 Å². The summed E-state index contributed by atoms with van der Waals surface area (Å²) in [5.41, 5.74) is 7.46. The second kappa shape index (κ2) is 6.90. The maximum atomic E-state index is 8.72. The number of imidazole rings is 1. The molecule has 1 aromatic heterocycles. The minimum atomic E-state index is 0.132. The minimum absolute atomic E-state index is 0.132. The molecule has 0 spiro atoms. The van der Waals surface area contributed by atoms with E-state index in [0.29, 0.717) is 0 Å². The number of nitrogens with zero attached hydrogens (tertiary/aromatic N) is 4. The van der Waals surface area contributed by atoms with Crippen LogP contribution in [0.4, 0.5) is 0 Å². The molecule has 21 heavy (non-hydrogen) atoms. The van der Waals surface area contributed by atoms with Gasteiger partial charge in [0.25, 0.3) is 0 Å². The summed E-state index contributed by atoms with van der Waals surface area (Å²) in [6.07, 6.45) is 4.67. The van der Waals surface area contributed by atoms with Gasteiger partial charge in [0.15, 0.2) is 5.84 Å². The Balaban J connectivity index is 1.93. The third-order valence-corrected chi connectivity index (χ3v) is 3.42. The van der Waals surface area contributed by atoms with Crippen molar-refractivity contribution in [2.24, 2.45) is 17.9 Å². The van der Waals surface area contributed by atoms with Crippen LogP contribution in [-0.2, 0) is 20.0 Å². The molecule has 112 valence electrons. The van der Waals surface area contributed by atoms with Gasteiger partial charge in [0.2, 0.25) is 0 Å². The summed E-state index contributed by atoms with van der Waals surface area (Å²) in [6.45, 7) is 1.72. The number of aromatic nitrogens is 2. The van der Waals surface area contributed by atoms with Crippen molar-refractivity contribution in [3.63, 3.8) is 0 Å². The highest BCUT2D eigenvalue weighted by molar-refractivity contribution is 5.97. The molecule has 0 fully saturated rings. The van der Waals surface area contributed by atoms with Crippen molar-refractivity contribution in [2.75, 3.05) is 13.6 Å². The zero-order chi connectivity index (χ0) is 15.2. The predicted molar refractivity (Wildman–Crippen MR) is 82.2 cm³/mol. The number of hydrogen-bond donors (Lipinski definition) is 2. The molecule has 2 aromatic rings. The van der Waals surface area contributed by atoms with Crippen molar-refractivity contribution in [3.05, 3.63) is 53.6 Å². The molecule has 6 heteroatoms. The van der Waals surface area contributed by atoms with Crippen molar-refractivity contribution >= 4 is 5.84 Å². The number of hydrogen-bond acceptors (Lipinski definition) is 4. The Morgan fingerprint density at radius 3 is 2.95 bits per heavy atom. The van der Waals surface area contributed by atoms with Gasteiger partial charge in [-0.1, -0.05) is 23.4 Å². The monoisotopic (exact) mass is 287 g/mol. The lowest BCUT2D eigenvalue weighted by Crippen LogP contribution is -2.22. The maximum absolute atomic E-state index is 8.72. The van der Waals surface area contributed by atoms with E-state index in [-0.39, 0.29) is 5.84 Å². The van der Waals surface area contributed by atoms with Gasteiger partial charge in [-0.3, -0.25) is 0 Å². The largest absolute Gasteiger partial charge is 0.409 e. The van der Waals surface area contributed by atoms with E-state index in [0.717, 1.165) is 36.5 Å². The molecule has 1 heterocycles. The fraction of sp³-hybridized carbons (Fsp3) is 0.333. The van der Waals surface area contributed by atoms with E-state index >= 15 is 0 Å². The van der Waals surface area contributed by atoms with Crippen molar-refractivity contribution in [1.82, 2.24) is 14.5 Å². The summed E-state index contributed by atoms with van der Waals surface area (Å²) in [6, 6.07) is 7.71. The Morgan fingerprint density at radius 2 is 2.29 bits per heavy atom. The Morgan fingerprint density at radius 1 is 1.48 bits per heavy atom. The molecule has 2 rings (SSSR count). The summed E-state index contributed by atoms with van der Waals surface area (Å²) >= 11 is 0. The number of oxime groups is 1. The molecule has 0 aliphatic carbocycles. The molecule has 3 N–H and O–H groups in total. The molecule has 6 nitrogen and oxygen atoms in total. The predicted octanol–water partition coefficient (Wildman–Crippen LogP) is 1.19. The van der Waals surface area contributed by atoms with E-state index in [2.05, 4.69) is 22.1 Å². The normalized spacial score (nSPS) is 12.0. The highest BCUT2D eigenvalue weighted by atomic mass is 16.4. The van der Waals surface area contributed by atoms with Gasteiger partial charge in [-0.05, 0) is 18.7 Å². The molecule has 0 saturated carbocycles. The highest BCUT2D eigenvalue weighted by Gasteiger charge is 2.06. The molecule has 0 aliphatic rings. The summed E-state index contributed by atoms with van der Waals surface area (Å²) < 4.78 is 2.03. The summed E-state index contributed by atoms with van der Waals surface area (Å²) in [4.78, 5) is 6.54. The number of nitrogens with two attached hydrogens (primary N) is 1. The van der Waals surface area contributed by atoms with Crippen LogP contribution in [0.1, 0.15) is 17.0 Å². The molecule has 0 unspecified atom stereocenters. The number of likely N-dealkylation sites (N-methyl/N-ethyl adjacent to an activating group) is 1. The first-order valence-electron chi connectivity index (χ1n) is 6.81. The lowest BCUT2D eigenvalue weighted by atomic mass is 10.1. The van der Waals surface area contributed by atoms with E-state index in [4.69, 9.17) is 10.9 Å². The molecule has 1 aromatic carbocycles. The van der Waals surface area contributed by atoms with Gasteiger partial charge in [0.05, 0.1) is 0 Å². The summed E-state index contributed by atoms with van der Waals surface area (Å²) in [7, 11) is 4.07. The molecule has 0 bridgehead atoms. The van der Waals surface area contributed by atoms with Crippen LogP contribution in [0.3, 0.4) is 0 Å². The van der Waals surface area contributed by atoms with Crippen LogP contribution in [-0.4, -0.2) is 39.1 Å². The van der Waals surface area contributed by atoms with E-state index < -0.39 is 0 Å². The van der Waals surface area contributed by atoms with Crippen LogP contribution in [0.5, 0.6) is 0 Å². The number of amidine groups is 1. The zero-order valence-corrected chi connectivity index (χ0v) is 12.4. The zero-order valence-electron chi connectivity index (χ0n) is 12.4. The summed E-state index contributed by atoms with van der Waals surface area (Å²) in [5.74, 6) is 1.21. The molecular weight excluding hydrogens is 266 g/mol. The first-order valence-corrected chi connectivity index (χ1v) is 6.81. The topological polar surface area (TPSA) is 79.7 Å². The molecular formula is C15H21N5O. The average Bonchev–Trinajstić information content (AvgIpc) is 2.90. The molecule has 0 atom stereocenters. The number of aryl methyl sites for hydroxylation is 1. The van der Waals surface area contributed by atoms with E-state index in [1.165, 1.54) is 0 Å². The van der Waals surface area contributed by atoms with Crippen LogP contribution in [0.25, 0.3) is 0 Å². The lowest BCUT2D eigenvalue weighted by Gasteiger charge is -2.17. The molecule has 0 saturated heterocycles. The van der Waals surface area contributed by atoms with Gasteiger partial charge >= 0.3 is 0 Å². The van der Waals surface area contributed by atoms with Crippen LogP contribution < -0.4 is 5.73 Å². The second-order valence-corrected chi connectivity index (χ2v) is 5.13. The van der Waals surface area contributed by atoms with Gasteiger partial charge < -0.3 is 20.4 Å². The van der Waals surface area contributed by atoms with Crippen LogP contribution in [0, 0.1) is 0 Å². The van der Waals surface area contributed by atoms with Crippen molar-refractivity contribution in [3.8, 4) is 0 Å². The average molecular weight is 287 g/mol. The smallest absolute Gasteiger partial charge is 0.170 e. The number of rotatable bonds is 6. The fourth-order valence-electron chi connectivity index (χ4n) is 2.21. The van der Waals surface area contributed by atoms with Gasteiger partial charge in [0, 0.05) is 44.5 Å². The van der Waals surface area contributed by atoms with Gasteiger partial charge in [-0.25, -0.2) is 4.98 Å². The third-order valence-electron chi connectivity index (χ3n) is 3.42. The molecule has 0 aliphatic heterocycles. The van der Waals surface area contributed by atoms with Gasteiger partial charge in [-0.2, -0.15) is 0 Å². The molecule has 0 radical (unpaired) electrons. The SMILES string of the molecule is CN(CCc1nccn1C)Cc1cccc(/C(N)=N/O)c1. The Bertz CT molecular complexity index is 620. The van der Waals surface area contributed by atoms with E-state index in [1.807, 2.05) is 48.3 Å². The van der Waals surface area contributed by atoms with E-state index in [1.54, 1.807) is 0 Å². The maximum Gasteiger partial charge on any atom is 0.170 e. The van der Waals surface area contributed by atoms with Crippen molar-refractivity contribution in [1.29, 1.82) is 0 Å². The Kier molecular flexibility index (Phi) is 4.94. The van der Waals surface area contributed by atoms with Crippen molar-refractivity contribution in [2.45, 2.75) is 13.0 Å². The van der Waals surface area contributed by atoms with Crippen LogP contribution in [0.15, 0.2) is 41.8 Å². The van der Waals surface area contributed by atoms with Crippen LogP contribution in [0.2, 0.25) is 0 Å². The third kappa shape index (κ3) is 4.06. The van der Waals surface area contributed by atoms with E-state index in [9.17, 15) is 0 Å². The first-order chi connectivity index (χ1) is 10.1.